The van der Waals surface area contributed by atoms with Gasteiger partial charge in [0.25, 0.3) is 0 Å². The lowest BCUT2D eigenvalue weighted by Crippen LogP contribution is -2.46. The van der Waals surface area contributed by atoms with E-state index in [4.69, 9.17) is 11.6 Å². The molecule has 1 unspecified atom stereocenters. The molecule has 1 saturated heterocycles. The number of halogens is 1. The highest BCUT2D eigenvalue weighted by molar-refractivity contribution is 6.30. The summed E-state index contributed by atoms with van der Waals surface area (Å²) < 4.78 is 0. The summed E-state index contributed by atoms with van der Waals surface area (Å²) in [5.41, 5.74) is 0.727. The maximum absolute atomic E-state index is 11.9. The molecule has 1 aromatic carbocycles. The van der Waals surface area contributed by atoms with E-state index >= 15 is 0 Å². The number of amides is 2. The fraction of sp³-hybridized carbons (Fsp3) is 0.500. The number of piperidine rings is 1. The molecule has 2 amide bonds. The van der Waals surface area contributed by atoms with Crippen molar-refractivity contribution in [1.29, 1.82) is 0 Å². The standard InChI is InChI=1S/C16H22ClN3O2/c17-12-6-8-13(9-7-12)20-15(21)5-3-11-19-16(22)14-4-1-2-10-18-14/h6-9,14,18H,1-5,10-11H2,(H,19,22)(H,20,21). The van der Waals surface area contributed by atoms with E-state index in [0.717, 1.165) is 31.5 Å². The molecule has 0 radical (unpaired) electrons. The van der Waals surface area contributed by atoms with Crippen molar-refractivity contribution in [3.63, 3.8) is 0 Å². The first-order valence-corrected chi connectivity index (χ1v) is 8.09. The lowest BCUT2D eigenvalue weighted by Gasteiger charge is -2.22. The van der Waals surface area contributed by atoms with Crippen LogP contribution in [0.25, 0.3) is 0 Å². The summed E-state index contributed by atoms with van der Waals surface area (Å²) in [4.78, 5) is 23.7. The van der Waals surface area contributed by atoms with Crippen LogP contribution in [0.1, 0.15) is 32.1 Å². The molecule has 3 N–H and O–H groups in total. The first-order chi connectivity index (χ1) is 10.6. The molecule has 0 aromatic heterocycles. The van der Waals surface area contributed by atoms with Crippen molar-refractivity contribution in [1.82, 2.24) is 10.6 Å². The topological polar surface area (TPSA) is 70.2 Å². The van der Waals surface area contributed by atoms with Crippen LogP contribution in [0, 0.1) is 0 Å². The Kier molecular flexibility index (Phi) is 6.68. The Morgan fingerprint density at radius 2 is 2.00 bits per heavy atom. The summed E-state index contributed by atoms with van der Waals surface area (Å²) in [7, 11) is 0. The largest absolute Gasteiger partial charge is 0.355 e. The molecule has 1 heterocycles. The first kappa shape index (κ1) is 16.8. The van der Waals surface area contributed by atoms with Crippen LogP contribution in [0.4, 0.5) is 5.69 Å². The second-order valence-electron chi connectivity index (χ2n) is 5.45. The number of nitrogens with one attached hydrogen (secondary N) is 3. The monoisotopic (exact) mass is 323 g/mol. The molecule has 22 heavy (non-hydrogen) atoms. The molecular weight excluding hydrogens is 302 g/mol. The van der Waals surface area contributed by atoms with Crippen molar-refractivity contribution in [3.05, 3.63) is 29.3 Å². The molecule has 0 saturated carbocycles. The predicted molar refractivity (Wildman–Crippen MR) is 88.0 cm³/mol. The molecule has 1 aromatic rings. The molecule has 0 spiro atoms. The number of carbonyl (C=O) groups is 2. The lowest BCUT2D eigenvalue weighted by atomic mass is 10.0. The molecule has 1 fully saturated rings. The Morgan fingerprint density at radius 1 is 1.23 bits per heavy atom. The van der Waals surface area contributed by atoms with Gasteiger partial charge in [0.2, 0.25) is 11.8 Å². The van der Waals surface area contributed by atoms with Crippen molar-refractivity contribution in [3.8, 4) is 0 Å². The fourth-order valence-corrected chi connectivity index (χ4v) is 2.54. The first-order valence-electron chi connectivity index (χ1n) is 7.71. The van der Waals surface area contributed by atoms with Crippen molar-refractivity contribution in [2.24, 2.45) is 0 Å². The molecule has 1 atom stereocenters. The van der Waals surface area contributed by atoms with Gasteiger partial charge in [0, 0.05) is 23.7 Å². The number of anilines is 1. The van der Waals surface area contributed by atoms with Crippen LogP contribution >= 0.6 is 11.6 Å². The molecule has 2 rings (SSSR count). The van der Waals surface area contributed by atoms with Gasteiger partial charge in [-0.3, -0.25) is 9.59 Å². The summed E-state index contributed by atoms with van der Waals surface area (Å²) >= 11 is 5.79. The zero-order valence-corrected chi connectivity index (χ0v) is 13.3. The number of hydrogen-bond donors (Lipinski definition) is 3. The lowest BCUT2D eigenvalue weighted by molar-refractivity contribution is -0.124. The van der Waals surface area contributed by atoms with Crippen LogP contribution in [0.2, 0.25) is 5.02 Å². The van der Waals surface area contributed by atoms with E-state index in [9.17, 15) is 9.59 Å². The van der Waals surface area contributed by atoms with Gasteiger partial charge in [-0.05, 0) is 50.1 Å². The van der Waals surface area contributed by atoms with Crippen molar-refractivity contribution >= 4 is 29.1 Å². The minimum absolute atomic E-state index is 0.0396. The average molecular weight is 324 g/mol. The van der Waals surface area contributed by atoms with E-state index in [1.165, 1.54) is 0 Å². The smallest absolute Gasteiger partial charge is 0.237 e. The van der Waals surface area contributed by atoms with Gasteiger partial charge in [-0.25, -0.2) is 0 Å². The SMILES string of the molecule is O=C(CCCNC(=O)C1CCCCN1)Nc1ccc(Cl)cc1. The average Bonchev–Trinajstić information content (AvgIpc) is 2.54. The highest BCUT2D eigenvalue weighted by atomic mass is 35.5. The van der Waals surface area contributed by atoms with Gasteiger partial charge in [-0.15, -0.1) is 0 Å². The van der Waals surface area contributed by atoms with Crippen LogP contribution < -0.4 is 16.0 Å². The van der Waals surface area contributed by atoms with E-state index < -0.39 is 0 Å². The van der Waals surface area contributed by atoms with Crippen LogP contribution in [0.3, 0.4) is 0 Å². The number of benzene rings is 1. The fourth-order valence-electron chi connectivity index (χ4n) is 2.42. The van der Waals surface area contributed by atoms with Gasteiger partial charge in [0.15, 0.2) is 0 Å². The molecule has 1 aliphatic rings. The van der Waals surface area contributed by atoms with Crippen molar-refractivity contribution in [2.75, 3.05) is 18.4 Å². The Labute approximate surface area is 135 Å². The molecular formula is C16H22ClN3O2. The molecule has 0 bridgehead atoms. The Morgan fingerprint density at radius 3 is 2.68 bits per heavy atom. The Bertz CT molecular complexity index is 499. The third kappa shape index (κ3) is 5.66. The third-order valence-electron chi connectivity index (χ3n) is 3.63. The molecule has 1 aliphatic heterocycles. The number of rotatable bonds is 6. The van der Waals surface area contributed by atoms with Gasteiger partial charge < -0.3 is 16.0 Å². The summed E-state index contributed by atoms with van der Waals surface area (Å²) in [6, 6.07) is 6.91. The zero-order chi connectivity index (χ0) is 15.8. The van der Waals surface area contributed by atoms with Crippen LogP contribution in [-0.2, 0) is 9.59 Å². The van der Waals surface area contributed by atoms with Gasteiger partial charge >= 0.3 is 0 Å². The summed E-state index contributed by atoms with van der Waals surface area (Å²) in [6.45, 7) is 1.42. The van der Waals surface area contributed by atoms with Crippen LogP contribution in [0.15, 0.2) is 24.3 Å². The quantitative estimate of drug-likeness (QED) is 0.704. The molecule has 120 valence electrons. The van der Waals surface area contributed by atoms with Crippen LogP contribution in [-0.4, -0.2) is 30.9 Å². The summed E-state index contributed by atoms with van der Waals surface area (Å²) in [6.07, 6.45) is 4.12. The predicted octanol–water partition coefficient (Wildman–Crippen LogP) is 2.32. The van der Waals surface area contributed by atoms with E-state index in [-0.39, 0.29) is 17.9 Å². The maximum Gasteiger partial charge on any atom is 0.237 e. The Hall–Kier alpha value is -1.59. The molecule has 5 nitrogen and oxygen atoms in total. The molecule has 0 aliphatic carbocycles. The number of carbonyl (C=O) groups excluding carboxylic acids is 2. The van der Waals surface area contributed by atoms with E-state index in [0.29, 0.717) is 24.4 Å². The van der Waals surface area contributed by atoms with Gasteiger partial charge in [-0.2, -0.15) is 0 Å². The highest BCUT2D eigenvalue weighted by Crippen LogP contribution is 2.13. The summed E-state index contributed by atoms with van der Waals surface area (Å²) in [5.74, 6) is -0.0230. The summed E-state index contributed by atoms with van der Waals surface area (Å²) in [5, 5.41) is 9.52. The van der Waals surface area contributed by atoms with Crippen molar-refractivity contribution < 1.29 is 9.59 Å². The highest BCUT2D eigenvalue weighted by Gasteiger charge is 2.19. The second-order valence-corrected chi connectivity index (χ2v) is 5.89. The number of hydrogen-bond acceptors (Lipinski definition) is 3. The van der Waals surface area contributed by atoms with Crippen LogP contribution in [0.5, 0.6) is 0 Å². The Balaban J connectivity index is 1.60. The zero-order valence-electron chi connectivity index (χ0n) is 12.5. The van der Waals surface area contributed by atoms with E-state index in [1.54, 1.807) is 24.3 Å². The second kappa shape index (κ2) is 8.76. The normalized spacial score (nSPS) is 17.8. The van der Waals surface area contributed by atoms with E-state index in [2.05, 4.69) is 16.0 Å². The van der Waals surface area contributed by atoms with Crippen molar-refractivity contribution in [2.45, 2.75) is 38.1 Å². The van der Waals surface area contributed by atoms with E-state index in [1.807, 2.05) is 0 Å². The minimum atomic E-state index is -0.0726. The van der Waals surface area contributed by atoms with Gasteiger partial charge in [0.05, 0.1) is 6.04 Å². The molecule has 6 heteroatoms. The van der Waals surface area contributed by atoms with Gasteiger partial charge in [-0.1, -0.05) is 18.0 Å². The third-order valence-corrected chi connectivity index (χ3v) is 3.89. The minimum Gasteiger partial charge on any atom is -0.355 e. The maximum atomic E-state index is 11.9. The van der Waals surface area contributed by atoms with Gasteiger partial charge in [0.1, 0.15) is 0 Å².